The average Bonchev–Trinajstić information content (AvgIpc) is 1.91. The van der Waals surface area contributed by atoms with Crippen molar-refractivity contribution in [1.29, 1.82) is 0 Å². The van der Waals surface area contributed by atoms with Crippen molar-refractivity contribution < 1.29 is 0 Å². The van der Waals surface area contributed by atoms with Crippen molar-refractivity contribution in [3.05, 3.63) is 23.6 Å². The summed E-state index contributed by atoms with van der Waals surface area (Å²) in [5.74, 6) is 0. The normalized spacial score (nSPS) is 12.4. The highest BCUT2D eigenvalue weighted by Crippen LogP contribution is 2.09. The first-order chi connectivity index (χ1) is 4.35. The molecule has 0 saturated heterocycles. The van der Waals surface area contributed by atoms with Crippen molar-refractivity contribution in [3.8, 4) is 0 Å². The van der Waals surface area contributed by atoms with Crippen LogP contribution in [0, 0.1) is 0 Å². The second-order valence-corrected chi connectivity index (χ2v) is 2.26. The summed E-state index contributed by atoms with van der Waals surface area (Å²) in [5.41, 5.74) is 0. The third-order valence-electron chi connectivity index (χ3n) is 0.825. The minimum Gasteiger partial charge on any atom is -0.296 e. The molecule has 0 saturated carbocycles. The highest BCUT2D eigenvalue weighted by atomic mass is 32.2. The molecule has 50 valence electrons. The number of rotatable bonds is 3. The van der Waals surface area contributed by atoms with Gasteiger partial charge in [-0.2, -0.15) is 0 Å². The number of allylic oxidation sites excluding steroid dienone is 2. The molecule has 0 radical (unpaired) electrons. The minimum absolute atomic E-state index is 1.14. The molecule has 0 N–H and O–H groups in total. The van der Waals surface area contributed by atoms with Crippen LogP contribution in [0.3, 0.4) is 0 Å². The molecular weight excluding hydrogens is 130 g/mol. The molecule has 0 rings (SSSR count). The van der Waals surface area contributed by atoms with Crippen LogP contribution in [0.1, 0.15) is 0 Å². The standard InChI is InChI=1S/C7H11NS/c1-4-7(9-3)5-6-8-2/h4-6H,1H2,2-3H3/b7-5+,8-6?. The minimum atomic E-state index is 1.14. The van der Waals surface area contributed by atoms with Gasteiger partial charge in [0, 0.05) is 18.2 Å². The molecule has 0 bridgehead atoms. The van der Waals surface area contributed by atoms with Gasteiger partial charge in [-0.05, 0) is 12.3 Å². The number of hydrogen-bond acceptors (Lipinski definition) is 2. The first-order valence-corrected chi connectivity index (χ1v) is 3.86. The molecule has 0 aliphatic heterocycles. The Balaban J connectivity index is 3.90. The van der Waals surface area contributed by atoms with E-state index in [-0.39, 0.29) is 0 Å². The van der Waals surface area contributed by atoms with Gasteiger partial charge in [-0.1, -0.05) is 12.7 Å². The average molecular weight is 141 g/mol. The number of hydrogen-bond donors (Lipinski definition) is 0. The molecule has 0 amide bonds. The highest BCUT2D eigenvalue weighted by Gasteiger charge is 1.80. The summed E-state index contributed by atoms with van der Waals surface area (Å²) in [4.78, 5) is 4.95. The van der Waals surface area contributed by atoms with Gasteiger partial charge in [0.15, 0.2) is 0 Å². The van der Waals surface area contributed by atoms with Crippen molar-refractivity contribution in [2.24, 2.45) is 4.99 Å². The monoisotopic (exact) mass is 141 g/mol. The lowest BCUT2D eigenvalue weighted by molar-refractivity contribution is 1.48. The maximum Gasteiger partial charge on any atom is 0.0277 e. The largest absolute Gasteiger partial charge is 0.296 e. The molecule has 0 atom stereocenters. The quantitative estimate of drug-likeness (QED) is 0.433. The van der Waals surface area contributed by atoms with E-state index in [1.807, 2.05) is 18.4 Å². The van der Waals surface area contributed by atoms with Crippen LogP contribution in [0.25, 0.3) is 0 Å². The smallest absolute Gasteiger partial charge is 0.0277 e. The maximum absolute atomic E-state index is 3.81. The summed E-state index contributed by atoms with van der Waals surface area (Å²) < 4.78 is 0. The van der Waals surface area contributed by atoms with Crippen LogP contribution < -0.4 is 0 Å². The van der Waals surface area contributed by atoms with Crippen molar-refractivity contribution in [3.63, 3.8) is 0 Å². The topological polar surface area (TPSA) is 12.4 Å². The van der Waals surface area contributed by atoms with E-state index in [9.17, 15) is 0 Å². The van der Waals surface area contributed by atoms with Gasteiger partial charge in [-0.15, -0.1) is 11.8 Å². The molecule has 0 aromatic heterocycles. The first kappa shape index (κ1) is 8.50. The van der Waals surface area contributed by atoms with Gasteiger partial charge >= 0.3 is 0 Å². The second kappa shape index (κ2) is 5.63. The summed E-state index contributed by atoms with van der Waals surface area (Å²) in [6, 6.07) is 0. The zero-order chi connectivity index (χ0) is 7.11. The molecule has 9 heavy (non-hydrogen) atoms. The SMILES string of the molecule is C=C/C(=C\C=NC)SC. The number of thioether (sulfide) groups is 1. The van der Waals surface area contributed by atoms with Gasteiger partial charge < -0.3 is 0 Å². The Hall–Kier alpha value is -0.500. The Kier molecular flexibility index (Phi) is 5.32. The molecule has 0 spiro atoms. The molecule has 0 unspecified atom stereocenters. The molecule has 0 fully saturated rings. The Morgan fingerprint density at radius 3 is 2.67 bits per heavy atom. The Morgan fingerprint density at radius 2 is 2.33 bits per heavy atom. The summed E-state index contributed by atoms with van der Waals surface area (Å²) in [5, 5.41) is 0. The Morgan fingerprint density at radius 1 is 1.67 bits per heavy atom. The lowest BCUT2D eigenvalue weighted by Gasteiger charge is -1.88. The van der Waals surface area contributed by atoms with Crippen LogP contribution >= 0.6 is 11.8 Å². The zero-order valence-corrected chi connectivity index (χ0v) is 6.61. The zero-order valence-electron chi connectivity index (χ0n) is 5.79. The molecule has 1 nitrogen and oxygen atoms in total. The van der Waals surface area contributed by atoms with E-state index in [2.05, 4.69) is 11.6 Å². The van der Waals surface area contributed by atoms with E-state index in [1.54, 1.807) is 25.0 Å². The third-order valence-corrected chi connectivity index (χ3v) is 1.60. The van der Waals surface area contributed by atoms with Crippen molar-refractivity contribution in [2.45, 2.75) is 0 Å². The summed E-state index contributed by atoms with van der Waals surface area (Å²) in [7, 11) is 1.75. The van der Waals surface area contributed by atoms with Crippen molar-refractivity contribution in [1.82, 2.24) is 0 Å². The lowest BCUT2D eigenvalue weighted by atomic mass is 10.5. The highest BCUT2D eigenvalue weighted by molar-refractivity contribution is 8.02. The van der Waals surface area contributed by atoms with Crippen LogP contribution in [0.15, 0.2) is 28.6 Å². The third kappa shape index (κ3) is 4.03. The fourth-order valence-electron chi connectivity index (χ4n) is 0.367. The summed E-state index contributed by atoms with van der Waals surface area (Å²) in [6.07, 6.45) is 7.51. The molecule has 0 heterocycles. The molecule has 0 aromatic rings. The fourth-order valence-corrected chi connectivity index (χ4v) is 0.731. The van der Waals surface area contributed by atoms with Crippen LogP contribution in [0.2, 0.25) is 0 Å². The Labute approximate surface area is 60.6 Å². The van der Waals surface area contributed by atoms with Crippen LogP contribution in [0.4, 0.5) is 0 Å². The summed E-state index contributed by atoms with van der Waals surface area (Å²) in [6.45, 7) is 3.63. The van der Waals surface area contributed by atoms with E-state index in [4.69, 9.17) is 0 Å². The van der Waals surface area contributed by atoms with Crippen molar-refractivity contribution in [2.75, 3.05) is 13.3 Å². The molecular formula is C7H11NS. The van der Waals surface area contributed by atoms with E-state index >= 15 is 0 Å². The van der Waals surface area contributed by atoms with Crippen LogP contribution in [-0.2, 0) is 0 Å². The van der Waals surface area contributed by atoms with Gasteiger partial charge in [0.25, 0.3) is 0 Å². The van der Waals surface area contributed by atoms with E-state index < -0.39 is 0 Å². The number of aliphatic imine (C=N–C) groups is 1. The van der Waals surface area contributed by atoms with Crippen molar-refractivity contribution >= 4 is 18.0 Å². The van der Waals surface area contributed by atoms with Crippen LogP contribution in [0.5, 0.6) is 0 Å². The van der Waals surface area contributed by atoms with E-state index in [0.29, 0.717) is 0 Å². The van der Waals surface area contributed by atoms with Gasteiger partial charge in [0.1, 0.15) is 0 Å². The van der Waals surface area contributed by atoms with Gasteiger partial charge in [-0.25, -0.2) is 0 Å². The molecule has 0 aromatic carbocycles. The number of nitrogens with zero attached hydrogens (tertiary/aromatic N) is 1. The molecule has 0 aliphatic rings. The Bertz CT molecular complexity index is 136. The van der Waals surface area contributed by atoms with Gasteiger partial charge in [0.2, 0.25) is 0 Å². The fraction of sp³-hybridized carbons (Fsp3) is 0.286. The van der Waals surface area contributed by atoms with Gasteiger partial charge in [-0.3, -0.25) is 4.99 Å². The first-order valence-electron chi connectivity index (χ1n) is 2.64. The lowest BCUT2D eigenvalue weighted by Crippen LogP contribution is -1.69. The molecule has 2 heteroatoms. The maximum atomic E-state index is 3.81. The van der Waals surface area contributed by atoms with E-state index in [0.717, 1.165) is 4.91 Å². The predicted octanol–water partition coefficient (Wildman–Crippen LogP) is 2.12. The van der Waals surface area contributed by atoms with Gasteiger partial charge in [0.05, 0.1) is 0 Å². The van der Waals surface area contributed by atoms with Crippen LogP contribution in [-0.4, -0.2) is 19.5 Å². The second-order valence-electron chi connectivity index (χ2n) is 1.38. The molecule has 0 aliphatic carbocycles. The van der Waals surface area contributed by atoms with E-state index in [1.165, 1.54) is 0 Å². The summed E-state index contributed by atoms with van der Waals surface area (Å²) >= 11 is 1.66. The predicted molar refractivity (Wildman–Crippen MR) is 46.2 cm³/mol.